The Kier molecular flexibility index (Phi) is 7.56. The number of carbonyl (C=O) groups is 3. The summed E-state index contributed by atoms with van der Waals surface area (Å²) >= 11 is 0. The van der Waals surface area contributed by atoms with Crippen molar-refractivity contribution in [3.63, 3.8) is 0 Å². The Labute approximate surface area is 164 Å². The van der Waals surface area contributed by atoms with Gasteiger partial charge in [-0.15, -0.1) is 0 Å². The highest BCUT2D eigenvalue weighted by Crippen LogP contribution is 2.11. The van der Waals surface area contributed by atoms with Gasteiger partial charge in [-0.1, -0.05) is 12.1 Å². The summed E-state index contributed by atoms with van der Waals surface area (Å²) in [6.07, 6.45) is 0.849. The molecule has 0 unspecified atom stereocenters. The highest BCUT2D eigenvalue weighted by Gasteiger charge is 2.11. The van der Waals surface area contributed by atoms with Gasteiger partial charge in [0.15, 0.2) is 0 Å². The van der Waals surface area contributed by atoms with E-state index in [4.69, 9.17) is 10.5 Å². The van der Waals surface area contributed by atoms with Crippen molar-refractivity contribution in [2.24, 2.45) is 5.73 Å². The maximum absolute atomic E-state index is 12.3. The average Bonchev–Trinajstić information content (AvgIpc) is 2.71. The third kappa shape index (κ3) is 6.12. The zero-order valence-corrected chi connectivity index (χ0v) is 16.1. The van der Waals surface area contributed by atoms with Gasteiger partial charge in [-0.05, 0) is 48.4 Å². The van der Waals surface area contributed by atoms with E-state index in [1.54, 1.807) is 61.5 Å². The topological polar surface area (TPSA) is 102 Å². The van der Waals surface area contributed by atoms with Crippen LogP contribution in [0.15, 0.2) is 48.5 Å². The predicted octanol–water partition coefficient (Wildman–Crippen LogP) is 1.96. The molecule has 0 heterocycles. The quantitative estimate of drug-likeness (QED) is 0.646. The largest absolute Gasteiger partial charge is 0.497 e. The third-order valence-electron chi connectivity index (χ3n) is 4.26. The Balaban J connectivity index is 1.74. The molecule has 0 radical (unpaired) electrons. The van der Waals surface area contributed by atoms with Crippen molar-refractivity contribution in [1.82, 2.24) is 10.2 Å². The number of hydrogen-bond acceptors (Lipinski definition) is 4. The molecule has 0 aliphatic carbocycles. The van der Waals surface area contributed by atoms with Gasteiger partial charge in [0.25, 0.3) is 5.91 Å². The number of methoxy groups -OCH3 is 1. The highest BCUT2D eigenvalue weighted by atomic mass is 16.5. The maximum Gasteiger partial charge on any atom is 0.251 e. The zero-order valence-electron chi connectivity index (χ0n) is 16.1. The predicted molar refractivity (Wildman–Crippen MR) is 106 cm³/mol. The second kappa shape index (κ2) is 10.1. The molecule has 0 spiro atoms. The Hall–Kier alpha value is -3.35. The van der Waals surface area contributed by atoms with Crippen LogP contribution < -0.4 is 15.8 Å². The Bertz CT molecular complexity index is 834. The van der Waals surface area contributed by atoms with E-state index < -0.39 is 5.91 Å². The van der Waals surface area contributed by atoms with Gasteiger partial charge in [0.05, 0.1) is 7.11 Å². The van der Waals surface area contributed by atoms with Crippen molar-refractivity contribution in [1.29, 1.82) is 0 Å². The van der Waals surface area contributed by atoms with E-state index in [1.165, 1.54) is 0 Å². The molecular formula is C21H25N3O4. The van der Waals surface area contributed by atoms with E-state index in [9.17, 15) is 14.4 Å². The molecule has 0 fully saturated rings. The first-order chi connectivity index (χ1) is 13.4. The second-order valence-electron chi connectivity index (χ2n) is 6.40. The number of amides is 3. The minimum absolute atomic E-state index is 0.0387. The SMILES string of the molecule is COc1ccc(C(=O)NCCCC(=O)N(C)Cc2cccc(C(N)=O)c2)cc1. The lowest BCUT2D eigenvalue weighted by atomic mass is 10.1. The van der Waals surface area contributed by atoms with Gasteiger partial charge in [0.1, 0.15) is 5.75 Å². The summed E-state index contributed by atoms with van der Waals surface area (Å²) in [4.78, 5) is 37.2. The van der Waals surface area contributed by atoms with E-state index in [2.05, 4.69) is 5.32 Å². The van der Waals surface area contributed by atoms with Crippen molar-refractivity contribution in [3.8, 4) is 5.75 Å². The van der Waals surface area contributed by atoms with Crippen molar-refractivity contribution in [3.05, 3.63) is 65.2 Å². The molecule has 0 aliphatic rings. The van der Waals surface area contributed by atoms with Crippen LogP contribution in [0.2, 0.25) is 0 Å². The number of carbonyl (C=O) groups excluding carboxylic acids is 3. The molecule has 28 heavy (non-hydrogen) atoms. The van der Waals surface area contributed by atoms with Gasteiger partial charge in [0.2, 0.25) is 11.8 Å². The van der Waals surface area contributed by atoms with Crippen LogP contribution in [-0.2, 0) is 11.3 Å². The summed E-state index contributed by atoms with van der Waals surface area (Å²) in [5, 5.41) is 2.80. The van der Waals surface area contributed by atoms with Gasteiger partial charge in [-0.3, -0.25) is 14.4 Å². The van der Waals surface area contributed by atoms with Crippen molar-refractivity contribution in [2.45, 2.75) is 19.4 Å². The normalized spacial score (nSPS) is 10.2. The first-order valence-corrected chi connectivity index (χ1v) is 8.95. The van der Waals surface area contributed by atoms with Crippen molar-refractivity contribution < 1.29 is 19.1 Å². The first kappa shape index (κ1) is 21.0. The van der Waals surface area contributed by atoms with E-state index in [0.29, 0.717) is 42.8 Å². The molecule has 7 heteroatoms. The van der Waals surface area contributed by atoms with Gasteiger partial charge in [0, 0.05) is 37.7 Å². The minimum Gasteiger partial charge on any atom is -0.497 e. The molecule has 2 aromatic carbocycles. The molecule has 0 saturated carbocycles. The second-order valence-corrected chi connectivity index (χ2v) is 6.40. The number of nitrogens with two attached hydrogens (primary N) is 1. The van der Waals surface area contributed by atoms with E-state index in [1.807, 2.05) is 6.07 Å². The lowest BCUT2D eigenvalue weighted by molar-refractivity contribution is -0.130. The summed E-state index contributed by atoms with van der Waals surface area (Å²) in [5.41, 5.74) is 7.06. The lowest BCUT2D eigenvalue weighted by Crippen LogP contribution is -2.28. The van der Waals surface area contributed by atoms with Crippen LogP contribution in [0.4, 0.5) is 0 Å². The van der Waals surface area contributed by atoms with Crippen LogP contribution in [0.3, 0.4) is 0 Å². The fraction of sp³-hybridized carbons (Fsp3) is 0.286. The summed E-state index contributed by atoms with van der Waals surface area (Å²) in [7, 11) is 3.27. The molecule has 148 valence electrons. The zero-order chi connectivity index (χ0) is 20.5. The maximum atomic E-state index is 12.3. The Morgan fingerprint density at radius 3 is 2.43 bits per heavy atom. The van der Waals surface area contributed by atoms with Gasteiger partial charge < -0.3 is 20.7 Å². The fourth-order valence-corrected chi connectivity index (χ4v) is 2.66. The fourth-order valence-electron chi connectivity index (χ4n) is 2.66. The van der Waals surface area contributed by atoms with E-state index in [-0.39, 0.29) is 11.8 Å². The summed E-state index contributed by atoms with van der Waals surface area (Å²) < 4.78 is 5.06. The number of nitrogens with zero attached hydrogens (tertiary/aromatic N) is 1. The minimum atomic E-state index is -0.497. The molecule has 0 aromatic heterocycles. The number of benzene rings is 2. The molecular weight excluding hydrogens is 358 g/mol. The van der Waals surface area contributed by atoms with Crippen molar-refractivity contribution in [2.75, 3.05) is 20.7 Å². The van der Waals surface area contributed by atoms with Crippen LogP contribution in [0.1, 0.15) is 39.1 Å². The van der Waals surface area contributed by atoms with Gasteiger partial charge in [-0.2, -0.15) is 0 Å². The summed E-state index contributed by atoms with van der Waals surface area (Å²) in [5.74, 6) is -0.0371. The smallest absolute Gasteiger partial charge is 0.251 e. The molecule has 0 atom stereocenters. The molecule has 2 aromatic rings. The Morgan fingerprint density at radius 2 is 1.79 bits per heavy atom. The third-order valence-corrected chi connectivity index (χ3v) is 4.26. The van der Waals surface area contributed by atoms with E-state index in [0.717, 1.165) is 5.56 Å². The van der Waals surface area contributed by atoms with Crippen LogP contribution in [0.25, 0.3) is 0 Å². The summed E-state index contributed by atoms with van der Waals surface area (Å²) in [6, 6.07) is 13.7. The monoisotopic (exact) mass is 383 g/mol. The number of hydrogen-bond donors (Lipinski definition) is 2. The van der Waals surface area contributed by atoms with Crippen LogP contribution in [-0.4, -0.2) is 43.3 Å². The number of rotatable bonds is 9. The average molecular weight is 383 g/mol. The summed E-state index contributed by atoms with van der Waals surface area (Å²) in [6.45, 7) is 0.791. The highest BCUT2D eigenvalue weighted by molar-refractivity contribution is 5.94. The first-order valence-electron chi connectivity index (χ1n) is 8.95. The molecule has 3 amide bonds. The van der Waals surface area contributed by atoms with Gasteiger partial charge in [-0.25, -0.2) is 0 Å². The molecule has 0 aliphatic heterocycles. The van der Waals surface area contributed by atoms with Crippen LogP contribution >= 0.6 is 0 Å². The molecule has 2 rings (SSSR count). The molecule has 0 saturated heterocycles. The Morgan fingerprint density at radius 1 is 1.07 bits per heavy atom. The van der Waals surface area contributed by atoms with Crippen LogP contribution in [0.5, 0.6) is 5.75 Å². The number of primary amides is 1. The molecule has 7 nitrogen and oxygen atoms in total. The van der Waals surface area contributed by atoms with Crippen LogP contribution in [0, 0.1) is 0 Å². The van der Waals surface area contributed by atoms with E-state index >= 15 is 0 Å². The molecule has 3 N–H and O–H groups in total. The lowest BCUT2D eigenvalue weighted by Gasteiger charge is -2.17. The standard InChI is InChI=1S/C21H25N3O4/c1-24(14-15-5-3-6-17(13-15)20(22)26)19(25)7-4-12-23-21(27)16-8-10-18(28-2)11-9-16/h3,5-6,8-11,13H,4,7,12,14H2,1-2H3,(H2,22,26)(H,23,27). The van der Waals surface area contributed by atoms with Gasteiger partial charge >= 0.3 is 0 Å². The number of nitrogens with one attached hydrogen (secondary N) is 1. The van der Waals surface area contributed by atoms with Crippen molar-refractivity contribution >= 4 is 17.7 Å². The number of ether oxygens (including phenoxy) is 1. The molecule has 0 bridgehead atoms.